The van der Waals surface area contributed by atoms with Crippen molar-refractivity contribution in [3.05, 3.63) is 106 Å². The summed E-state index contributed by atoms with van der Waals surface area (Å²) in [6.45, 7) is 1.95. The lowest BCUT2D eigenvalue weighted by Crippen LogP contribution is -2.23. The van der Waals surface area contributed by atoms with Crippen LogP contribution in [0.5, 0.6) is 11.5 Å². The Kier molecular flexibility index (Phi) is 4.84. The van der Waals surface area contributed by atoms with E-state index in [1.54, 1.807) is 20.3 Å². The molecule has 7 heteroatoms. The Morgan fingerprint density at radius 2 is 1.69 bits per heavy atom. The smallest absolute Gasteiger partial charge is 0.342 e. The van der Waals surface area contributed by atoms with Gasteiger partial charge in [0, 0.05) is 16.5 Å². The largest absolute Gasteiger partial charge is 0.493 e. The maximum Gasteiger partial charge on any atom is 0.342 e. The molecule has 6 rings (SSSR count). The second-order valence-corrected chi connectivity index (χ2v) is 8.41. The normalized spacial score (nSPS) is 14.2. The highest BCUT2D eigenvalue weighted by Gasteiger charge is 2.38. The Balaban J connectivity index is 1.73. The minimum atomic E-state index is -0.482. The van der Waals surface area contributed by atoms with Gasteiger partial charge in [0.15, 0.2) is 11.5 Å². The van der Waals surface area contributed by atoms with Crippen LogP contribution in [-0.4, -0.2) is 24.0 Å². The monoisotopic (exact) mass is 465 g/mol. The average Bonchev–Trinajstić information content (AvgIpc) is 3.23. The van der Waals surface area contributed by atoms with Gasteiger partial charge in [-0.1, -0.05) is 42.5 Å². The van der Waals surface area contributed by atoms with Crippen LogP contribution in [0.1, 0.15) is 28.3 Å². The molecule has 7 nitrogen and oxygen atoms in total. The van der Waals surface area contributed by atoms with Crippen molar-refractivity contribution in [3.8, 4) is 17.2 Å². The Morgan fingerprint density at radius 3 is 2.46 bits per heavy atom. The zero-order valence-corrected chi connectivity index (χ0v) is 19.5. The highest BCUT2D eigenvalue weighted by atomic mass is 16.5. The van der Waals surface area contributed by atoms with Gasteiger partial charge in [-0.3, -0.25) is 0 Å². The summed E-state index contributed by atoms with van der Waals surface area (Å²) in [4.78, 5) is 13.5. The number of hydrogen-bond acceptors (Lipinski definition) is 6. The standard InChI is InChI=1S/C28H23N3O4/c1-16-22-23(19-13-9-15-21(33-2)26(19)34-3)24-25(18-12-7-8-14-20(18)35-28(24)32)29-27(22)31(30-16)17-10-5-4-6-11-17/h4-15,23,29H,1-3H3/t23-/m1/s1. The van der Waals surface area contributed by atoms with Crippen LogP contribution in [0.25, 0.3) is 16.7 Å². The molecule has 2 aromatic heterocycles. The van der Waals surface area contributed by atoms with Crippen LogP contribution in [0.4, 0.5) is 11.5 Å². The molecule has 0 unspecified atom stereocenters. The van der Waals surface area contributed by atoms with E-state index in [0.717, 1.165) is 33.7 Å². The molecule has 0 saturated carbocycles. The van der Waals surface area contributed by atoms with E-state index in [0.29, 0.717) is 28.3 Å². The number of fused-ring (bicyclic) bond motifs is 4. The number of para-hydroxylation sites is 3. The lowest BCUT2D eigenvalue weighted by atomic mass is 9.81. The number of aryl methyl sites for hydroxylation is 1. The number of ether oxygens (including phenoxy) is 2. The van der Waals surface area contributed by atoms with Crippen molar-refractivity contribution in [2.24, 2.45) is 0 Å². The first kappa shape index (κ1) is 21.0. The first-order valence-electron chi connectivity index (χ1n) is 11.3. The molecule has 174 valence electrons. The molecule has 3 heterocycles. The minimum Gasteiger partial charge on any atom is -0.493 e. The number of nitrogens with zero attached hydrogens (tertiary/aromatic N) is 2. The van der Waals surface area contributed by atoms with Gasteiger partial charge in [0.1, 0.15) is 11.4 Å². The third kappa shape index (κ3) is 3.12. The number of benzene rings is 3. The first-order chi connectivity index (χ1) is 17.1. The van der Waals surface area contributed by atoms with E-state index < -0.39 is 11.5 Å². The Bertz CT molecular complexity index is 1640. The van der Waals surface area contributed by atoms with E-state index in [-0.39, 0.29) is 0 Å². The zero-order chi connectivity index (χ0) is 24.1. The van der Waals surface area contributed by atoms with E-state index in [4.69, 9.17) is 19.0 Å². The molecule has 1 aliphatic rings. The molecule has 35 heavy (non-hydrogen) atoms. The number of anilines is 2. The van der Waals surface area contributed by atoms with Crippen LogP contribution in [0, 0.1) is 6.92 Å². The lowest BCUT2D eigenvalue weighted by molar-refractivity contribution is 0.351. The molecule has 0 bridgehead atoms. The fraction of sp³-hybridized carbons (Fsp3) is 0.143. The fourth-order valence-electron chi connectivity index (χ4n) is 5.04. The molecular formula is C28H23N3O4. The highest BCUT2D eigenvalue weighted by molar-refractivity contribution is 5.96. The van der Waals surface area contributed by atoms with Crippen molar-refractivity contribution in [1.29, 1.82) is 0 Å². The summed E-state index contributed by atoms with van der Waals surface area (Å²) < 4.78 is 19.1. The van der Waals surface area contributed by atoms with Crippen molar-refractivity contribution >= 4 is 22.5 Å². The summed E-state index contributed by atoms with van der Waals surface area (Å²) in [6.07, 6.45) is 0. The molecule has 0 radical (unpaired) electrons. The summed E-state index contributed by atoms with van der Waals surface area (Å²) in [6, 6.07) is 23.2. The topological polar surface area (TPSA) is 78.5 Å². The summed E-state index contributed by atoms with van der Waals surface area (Å²) in [5.74, 6) is 1.47. The zero-order valence-electron chi connectivity index (χ0n) is 19.5. The van der Waals surface area contributed by atoms with Crippen LogP contribution >= 0.6 is 0 Å². The third-order valence-corrected chi connectivity index (χ3v) is 6.52. The van der Waals surface area contributed by atoms with Gasteiger partial charge in [0.25, 0.3) is 0 Å². The van der Waals surface area contributed by atoms with Gasteiger partial charge in [-0.15, -0.1) is 0 Å². The van der Waals surface area contributed by atoms with E-state index >= 15 is 0 Å². The molecule has 0 aliphatic carbocycles. The van der Waals surface area contributed by atoms with Crippen molar-refractivity contribution < 1.29 is 13.9 Å². The van der Waals surface area contributed by atoms with Crippen molar-refractivity contribution in [2.75, 3.05) is 19.5 Å². The molecule has 0 saturated heterocycles. The van der Waals surface area contributed by atoms with Gasteiger partial charge < -0.3 is 19.2 Å². The van der Waals surface area contributed by atoms with E-state index in [9.17, 15) is 4.79 Å². The molecule has 0 spiro atoms. The summed E-state index contributed by atoms with van der Waals surface area (Å²) in [7, 11) is 3.21. The molecule has 1 atom stereocenters. The maximum atomic E-state index is 13.5. The maximum absolute atomic E-state index is 13.5. The number of rotatable bonds is 4. The predicted octanol–water partition coefficient (Wildman–Crippen LogP) is 5.54. The fourth-order valence-corrected chi connectivity index (χ4v) is 5.04. The summed E-state index contributed by atoms with van der Waals surface area (Å²) in [5, 5.41) is 9.24. The van der Waals surface area contributed by atoms with Gasteiger partial charge >= 0.3 is 5.63 Å². The lowest BCUT2D eigenvalue weighted by Gasteiger charge is -2.29. The van der Waals surface area contributed by atoms with E-state index in [1.807, 2.05) is 78.3 Å². The van der Waals surface area contributed by atoms with Crippen molar-refractivity contribution in [1.82, 2.24) is 9.78 Å². The van der Waals surface area contributed by atoms with Gasteiger partial charge in [-0.2, -0.15) is 5.10 Å². The molecule has 0 amide bonds. The van der Waals surface area contributed by atoms with Gasteiger partial charge in [0.05, 0.1) is 42.8 Å². The number of methoxy groups -OCH3 is 2. The Labute approximate surface area is 201 Å². The molecule has 5 aromatic rings. The van der Waals surface area contributed by atoms with Crippen molar-refractivity contribution in [2.45, 2.75) is 12.8 Å². The quantitative estimate of drug-likeness (QED) is 0.344. The van der Waals surface area contributed by atoms with Crippen LogP contribution in [0.2, 0.25) is 0 Å². The van der Waals surface area contributed by atoms with E-state index in [2.05, 4.69) is 5.32 Å². The predicted molar refractivity (Wildman–Crippen MR) is 135 cm³/mol. The van der Waals surface area contributed by atoms with Gasteiger partial charge in [-0.05, 0) is 37.3 Å². The number of nitrogens with one attached hydrogen (secondary N) is 1. The minimum absolute atomic E-state index is 0.404. The Hall–Kier alpha value is -4.52. The molecule has 0 fully saturated rings. The van der Waals surface area contributed by atoms with Crippen LogP contribution in [0.15, 0.2) is 82.0 Å². The molecule has 3 aromatic carbocycles. The van der Waals surface area contributed by atoms with E-state index in [1.165, 1.54) is 0 Å². The van der Waals surface area contributed by atoms with Gasteiger partial charge in [0.2, 0.25) is 0 Å². The average molecular weight is 466 g/mol. The van der Waals surface area contributed by atoms with Crippen LogP contribution < -0.4 is 20.4 Å². The highest BCUT2D eigenvalue weighted by Crippen LogP contribution is 2.50. The molecule has 1 N–H and O–H groups in total. The van der Waals surface area contributed by atoms with Crippen LogP contribution in [-0.2, 0) is 0 Å². The second-order valence-electron chi connectivity index (χ2n) is 8.41. The van der Waals surface area contributed by atoms with Crippen molar-refractivity contribution in [3.63, 3.8) is 0 Å². The first-order valence-corrected chi connectivity index (χ1v) is 11.3. The molecule has 1 aliphatic heterocycles. The second kappa shape index (κ2) is 8.06. The number of hydrogen-bond donors (Lipinski definition) is 1. The summed E-state index contributed by atoms with van der Waals surface area (Å²) in [5.41, 5.74) is 4.73. The third-order valence-electron chi connectivity index (χ3n) is 6.52. The SMILES string of the molecule is COc1cccc([C@@H]2c3c(C)nn(-c4ccccc4)c3Nc3c2c(=O)oc2ccccc32)c1OC. The Morgan fingerprint density at radius 1 is 0.914 bits per heavy atom. The summed E-state index contributed by atoms with van der Waals surface area (Å²) >= 11 is 0. The van der Waals surface area contributed by atoms with Gasteiger partial charge in [-0.25, -0.2) is 9.48 Å². The van der Waals surface area contributed by atoms with Crippen LogP contribution in [0.3, 0.4) is 0 Å². The number of aromatic nitrogens is 2. The molecular weight excluding hydrogens is 442 g/mol.